The molecule has 0 unspecified atom stereocenters. The number of likely N-dealkylation sites (tertiary alicyclic amines) is 1. The molecular formula is C34H48N6O5S. The van der Waals surface area contributed by atoms with Crippen molar-refractivity contribution in [3.63, 3.8) is 0 Å². The van der Waals surface area contributed by atoms with Gasteiger partial charge in [-0.2, -0.15) is 0 Å². The molecule has 46 heavy (non-hydrogen) atoms. The summed E-state index contributed by atoms with van der Waals surface area (Å²) in [4.78, 5) is 33.5. The van der Waals surface area contributed by atoms with Crippen LogP contribution in [0.5, 0.6) is 5.75 Å². The van der Waals surface area contributed by atoms with E-state index in [2.05, 4.69) is 25.9 Å². The van der Waals surface area contributed by atoms with Gasteiger partial charge in [0.05, 0.1) is 35.8 Å². The fourth-order valence-corrected chi connectivity index (χ4v) is 7.11. The molecule has 11 nitrogen and oxygen atoms in total. The van der Waals surface area contributed by atoms with Crippen LogP contribution in [0.2, 0.25) is 0 Å². The number of hydrogen-bond acceptors (Lipinski definition) is 7. The summed E-state index contributed by atoms with van der Waals surface area (Å²) in [6.07, 6.45) is 3.10. The molecular weight excluding hydrogens is 604 g/mol. The van der Waals surface area contributed by atoms with E-state index in [1.165, 1.54) is 0 Å². The lowest BCUT2D eigenvalue weighted by Gasteiger charge is -2.37. The molecule has 1 atom stereocenters. The Bertz CT molecular complexity index is 1720. The van der Waals surface area contributed by atoms with Crippen LogP contribution in [-0.2, 0) is 33.8 Å². The molecule has 2 aliphatic rings. The van der Waals surface area contributed by atoms with Crippen LogP contribution in [0.3, 0.4) is 0 Å². The third kappa shape index (κ3) is 7.34. The molecule has 1 aromatic heterocycles. The number of likely N-dealkylation sites (N-methyl/N-ethyl adjacent to an activating group) is 1. The minimum absolute atomic E-state index is 0.0105. The molecule has 5 rings (SSSR count). The zero-order valence-corrected chi connectivity index (χ0v) is 29.0. The molecule has 0 saturated carbocycles. The summed E-state index contributed by atoms with van der Waals surface area (Å²) < 4.78 is 34.8. The van der Waals surface area contributed by atoms with Crippen LogP contribution in [0.25, 0.3) is 10.9 Å². The Morgan fingerprint density at radius 2 is 1.70 bits per heavy atom. The topological polar surface area (TPSA) is 116 Å². The number of carbonyl (C=O) groups is 2. The minimum Gasteiger partial charge on any atom is -0.489 e. The predicted octanol–water partition coefficient (Wildman–Crippen LogP) is 4.24. The number of aromatic nitrogens is 1. The van der Waals surface area contributed by atoms with E-state index >= 15 is 0 Å². The smallest absolute Gasteiger partial charge is 0.272 e. The Kier molecular flexibility index (Phi) is 9.72. The first-order valence-corrected chi connectivity index (χ1v) is 17.9. The molecule has 2 N–H and O–H groups in total. The van der Waals surface area contributed by atoms with Crippen LogP contribution in [0.4, 0.5) is 11.4 Å². The number of para-hydroxylation sites is 1. The molecule has 0 bridgehead atoms. The number of aryl methyl sites for hydroxylation is 1. The van der Waals surface area contributed by atoms with Crippen LogP contribution in [-0.4, -0.2) is 98.2 Å². The molecule has 12 heteroatoms. The van der Waals surface area contributed by atoms with Gasteiger partial charge >= 0.3 is 0 Å². The van der Waals surface area contributed by atoms with Crippen LogP contribution >= 0.6 is 0 Å². The van der Waals surface area contributed by atoms with Gasteiger partial charge in [0.15, 0.2) is 5.75 Å². The van der Waals surface area contributed by atoms with Crippen molar-refractivity contribution in [1.82, 2.24) is 19.3 Å². The average molecular weight is 653 g/mol. The van der Waals surface area contributed by atoms with E-state index < -0.39 is 10.0 Å². The number of hydrogen-bond donors (Lipinski definition) is 2. The van der Waals surface area contributed by atoms with E-state index in [-0.39, 0.29) is 41.3 Å². The zero-order chi connectivity index (χ0) is 33.4. The Labute approximate surface area is 272 Å². The van der Waals surface area contributed by atoms with Crippen LogP contribution in [0.1, 0.15) is 62.2 Å². The average Bonchev–Trinajstić information content (AvgIpc) is 3.56. The Hall–Kier alpha value is -3.61. The van der Waals surface area contributed by atoms with Crippen molar-refractivity contribution >= 4 is 44.1 Å². The molecule has 2 aliphatic heterocycles. The van der Waals surface area contributed by atoms with Gasteiger partial charge in [-0.05, 0) is 68.1 Å². The maximum Gasteiger partial charge on any atom is 0.272 e. The van der Waals surface area contributed by atoms with Crippen LogP contribution in [0.15, 0.2) is 36.4 Å². The lowest BCUT2D eigenvalue weighted by molar-refractivity contribution is -0.137. The number of carbonyl (C=O) groups excluding carboxylic acids is 2. The number of nitrogens with zero attached hydrogens (tertiary/aromatic N) is 4. The second-order valence-electron chi connectivity index (χ2n) is 13.6. The number of benzene rings is 2. The van der Waals surface area contributed by atoms with Gasteiger partial charge in [0, 0.05) is 45.2 Å². The number of anilines is 2. The van der Waals surface area contributed by atoms with E-state index in [9.17, 15) is 18.0 Å². The number of piperazine rings is 1. The first-order valence-electron chi connectivity index (χ1n) is 16.1. The monoisotopic (exact) mass is 652 g/mol. The number of nitrogens with one attached hydrogen (secondary N) is 2. The molecule has 2 saturated heterocycles. The molecule has 3 heterocycles. The Morgan fingerprint density at radius 1 is 1.00 bits per heavy atom. The third-order valence-electron chi connectivity index (χ3n) is 9.04. The van der Waals surface area contributed by atoms with E-state index in [4.69, 9.17) is 4.74 Å². The lowest BCUT2D eigenvalue weighted by atomic mass is 9.86. The van der Waals surface area contributed by atoms with E-state index in [0.29, 0.717) is 31.0 Å². The van der Waals surface area contributed by atoms with Gasteiger partial charge in [-0.15, -0.1) is 0 Å². The SMILES string of the molecule is CCOc1c(NC(=O)c2cc3cccc(CN4CCN(C(=O)[C@@H]5CCCN5C)CC4)c3n2C)cc(C(C)(C)C)cc1NS(C)(=O)=O. The molecule has 0 radical (unpaired) electrons. The van der Waals surface area contributed by atoms with E-state index in [0.717, 1.165) is 60.8 Å². The van der Waals surface area contributed by atoms with Crippen molar-refractivity contribution in [2.45, 2.75) is 58.5 Å². The zero-order valence-electron chi connectivity index (χ0n) is 28.1. The van der Waals surface area contributed by atoms with Gasteiger partial charge < -0.3 is 19.5 Å². The molecule has 2 amide bonds. The first-order chi connectivity index (χ1) is 21.7. The fourth-order valence-electron chi connectivity index (χ4n) is 6.56. The summed E-state index contributed by atoms with van der Waals surface area (Å²) in [5, 5.41) is 3.98. The molecule has 0 spiro atoms. The van der Waals surface area contributed by atoms with Crippen molar-refractivity contribution in [2.75, 3.05) is 62.7 Å². The van der Waals surface area contributed by atoms with Gasteiger partial charge in [0.1, 0.15) is 5.69 Å². The van der Waals surface area contributed by atoms with Gasteiger partial charge in [0.25, 0.3) is 5.91 Å². The summed E-state index contributed by atoms with van der Waals surface area (Å²) in [6, 6.07) is 11.6. The third-order valence-corrected chi connectivity index (χ3v) is 9.63. The summed E-state index contributed by atoms with van der Waals surface area (Å²) in [7, 11) is 0.322. The van der Waals surface area contributed by atoms with Gasteiger partial charge in [-0.25, -0.2) is 8.42 Å². The largest absolute Gasteiger partial charge is 0.489 e. The molecule has 2 fully saturated rings. The molecule has 0 aliphatic carbocycles. The Morgan fingerprint density at radius 3 is 2.30 bits per heavy atom. The summed E-state index contributed by atoms with van der Waals surface area (Å²) >= 11 is 0. The highest BCUT2D eigenvalue weighted by Gasteiger charge is 2.33. The highest BCUT2D eigenvalue weighted by molar-refractivity contribution is 7.92. The number of amides is 2. The van der Waals surface area contributed by atoms with Crippen molar-refractivity contribution in [3.05, 3.63) is 53.2 Å². The maximum atomic E-state index is 13.9. The number of fused-ring (bicyclic) bond motifs is 1. The van der Waals surface area contributed by atoms with Gasteiger partial charge in [0.2, 0.25) is 15.9 Å². The predicted molar refractivity (Wildman–Crippen MR) is 183 cm³/mol. The molecule has 3 aromatic rings. The minimum atomic E-state index is -3.60. The normalized spacial score (nSPS) is 18.2. The summed E-state index contributed by atoms with van der Waals surface area (Å²) in [5.41, 5.74) is 3.76. The molecule has 250 valence electrons. The highest BCUT2D eigenvalue weighted by atomic mass is 32.2. The van der Waals surface area contributed by atoms with Crippen LogP contribution in [0, 0.1) is 0 Å². The molecule has 2 aromatic carbocycles. The van der Waals surface area contributed by atoms with Crippen molar-refractivity contribution in [1.29, 1.82) is 0 Å². The van der Waals surface area contributed by atoms with E-state index in [1.54, 1.807) is 6.07 Å². The number of rotatable bonds is 9. The highest BCUT2D eigenvalue weighted by Crippen LogP contribution is 2.40. The first kappa shape index (κ1) is 33.7. The second-order valence-corrected chi connectivity index (χ2v) is 15.3. The maximum absolute atomic E-state index is 13.9. The van der Waals surface area contributed by atoms with Crippen LogP contribution < -0.4 is 14.8 Å². The quantitative estimate of drug-likeness (QED) is 0.356. The van der Waals surface area contributed by atoms with Crippen molar-refractivity contribution in [2.24, 2.45) is 7.05 Å². The summed E-state index contributed by atoms with van der Waals surface area (Å²) in [6.45, 7) is 12.9. The van der Waals surface area contributed by atoms with Gasteiger partial charge in [-0.3, -0.25) is 24.1 Å². The summed E-state index contributed by atoms with van der Waals surface area (Å²) in [5.74, 6) is 0.191. The van der Waals surface area contributed by atoms with Crippen molar-refractivity contribution < 1.29 is 22.7 Å². The standard InChI is InChI=1S/C34H48N6O5S/c1-8-45-31-26(20-25(34(2,3)4)21-27(31)36-46(7,43)44)35-32(41)29-19-23-11-9-12-24(30(23)38(29)6)22-39-15-17-40(18-16-39)33(42)28-13-10-14-37(28)5/h9,11-12,19-21,28,36H,8,10,13-18,22H2,1-7H3,(H,35,41)/t28-/m0/s1. The van der Waals surface area contributed by atoms with Crippen molar-refractivity contribution in [3.8, 4) is 5.75 Å². The van der Waals surface area contributed by atoms with Gasteiger partial charge in [-0.1, -0.05) is 39.0 Å². The number of ether oxygens (including phenoxy) is 1. The lowest BCUT2D eigenvalue weighted by Crippen LogP contribution is -2.52. The van der Waals surface area contributed by atoms with E-state index in [1.807, 2.05) is 75.5 Å². The Balaban J connectivity index is 1.38. The second kappa shape index (κ2) is 13.2. The number of sulfonamides is 1. The fraction of sp³-hybridized carbons (Fsp3) is 0.529.